The summed E-state index contributed by atoms with van der Waals surface area (Å²) in [7, 11) is 3.10. The molecule has 2 amide bonds. The standard InChI is InChI=1S/C33H35F3N6O4/c1-39(2)32(44)28-19-26-30(34)24(21-5-3-12-41(20-21)29(43)8-14-42-13-4-9-38-42)18-25(31(26)45-28)23-7-6-22(17-27(23)46-33(35)36)40-15-10-37-11-16-40/h4-7,9,13,17-19,33,37H,3,8,10-12,14-16,20H2,1-2H3. The Morgan fingerprint density at radius 1 is 1.09 bits per heavy atom. The highest BCUT2D eigenvalue weighted by Crippen LogP contribution is 2.43. The molecule has 2 aliphatic rings. The van der Waals surface area contributed by atoms with Crippen molar-refractivity contribution in [2.24, 2.45) is 0 Å². The Kier molecular flexibility index (Phi) is 9.02. The Morgan fingerprint density at radius 3 is 2.61 bits per heavy atom. The zero-order chi connectivity index (χ0) is 32.4. The summed E-state index contributed by atoms with van der Waals surface area (Å²) in [5, 5.41) is 7.43. The van der Waals surface area contributed by atoms with Gasteiger partial charge in [0.2, 0.25) is 5.91 Å². The van der Waals surface area contributed by atoms with E-state index >= 15 is 4.39 Å². The van der Waals surface area contributed by atoms with E-state index in [9.17, 15) is 18.4 Å². The number of carbonyl (C=O) groups excluding carboxylic acids is 2. The number of benzene rings is 2. The number of rotatable bonds is 9. The SMILES string of the molecule is CN(C)C(=O)c1cc2c(F)c(C3=CCCN(C(=O)CCn4cccn4)C3)cc(-c3ccc(N4CCNCC4)cc3OC(F)F)c2o1. The van der Waals surface area contributed by atoms with E-state index in [1.165, 1.54) is 17.0 Å². The number of amides is 2. The van der Waals surface area contributed by atoms with Crippen LogP contribution in [0.1, 0.15) is 29.0 Å². The summed E-state index contributed by atoms with van der Waals surface area (Å²) in [6.45, 7) is 0.825. The summed E-state index contributed by atoms with van der Waals surface area (Å²) in [5.74, 6) is -1.41. The van der Waals surface area contributed by atoms with Crippen LogP contribution in [-0.2, 0) is 11.3 Å². The first-order valence-electron chi connectivity index (χ1n) is 15.2. The summed E-state index contributed by atoms with van der Waals surface area (Å²) in [6.07, 6.45) is 6.04. The lowest BCUT2D eigenvalue weighted by Crippen LogP contribution is -2.43. The third-order valence-corrected chi connectivity index (χ3v) is 8.27. The van der Waals surface area contributed by atoms with Gasteiger partial charge in [-0.1, -0.05) is 6.08 Å². The van der Waals surface area contributed by atoms with Gasteiger partial charge >= 0.3 is 6.61 Å². The average Bonchev–Trinajstić information content (AvgIpc) is 3.75. The number of piperazine rings is 1. The molecule has 0 aliphatic carbocycles. The number of fused-ring (bicyclic) bond motifs is 1. The first kappa shape index (κ1) is 31.2. The van der Waals surface area contributed by atoms with Crippen LogP contribution in [0.25, 0.3) is 27.7 Å². The molecule has 0 radical (unpaired) electrons. The molecular weight excluding hydrogens is 601 g/mol. The molecule has 13 heteroatoms. The van der Waals surface area contributed by atoms with Crippen molar-refractivity contribution in [1.29, 1.82) is 0 Å². The van der Waals surface area contributed by atoms with E-state index < -0.39 is 18.3 Å². The first-order valence-corrected chi connectivity index (χ1v) is 15.2. The van der Waals surface area contributed by atoms with Crippen molar-refractivity contribution < 1.29 is 31.9 Å². The molecule has 0 spiro atoms. The molecule has 0 atom stereocenters. The molecule has 0 saturated carbocycles. The van der Waals surface area contributed by atoms with Gasteiger partial charge in [-0.15, -0.1) is 0 Å². The van der Waals surface area contributed by atoms with Gasteiger partial charge in [-0.2, -0.15) is 13.9 Å². The third-order valence-electron chi connectivity index (χ3n) is 8.27. The maximum absolute atomic E-state index is 16.4. The van der Waals surface area contributed by atoms with Crippen LogP contribution in [0.5, 0.6) is 5.75 Å². The van der Waals surface area contributed by atoms with Gasteiger partial charge < -0.3 is 29.2 Å². The number of furan rings is 1. The fourth-order valence-electron chi connectivity index (χ4n) is 5.93. The van der Waals surface area contributed by atoms with Gasteiger partial charge in [-0.3, -0.25) is 14.3 Å². The number of hydrogen-bond acceptors (Lipinski definition) is 7. The largest absolute Gasteiger partial charge is 0.450 e. The number of halogens is 3. The lowest BCUT2D eigenvalue weighted by Gasteiger charge is -2.30. The van der Waals surface area contributed by atoms with Gasteiger partial charge in [0.25, 0.3) is 5.91 Å². The van der Waals surface area contributed by atoms with Crippen molar-refractivity contribution in [3.05, 3.63) is 72.0 Å². The topological polar surface area (TPSA) is 96.1 Å². The highest BCUT2D eigenvalue weighted by atomic mass is 19.3. The van der Waals surface area contributed by atoms with Gasteiger partial charge in [0.1, 0.15) is 17.1 Å². The number of aromatic nitrogens is 2. The highest BCUT2D eigenvalue weighted by molar-refractivity contribution is 6.02. The monoisotopic (exact) mass is 636 g/mol. The van der Waals surface area contributed by atoms with Gasteiger partial charge in [-0.05, 0) is 36.3 Å². The van der Waals surface area contributed by atoms with Crippen molar-refractivity contribution >= 4 is 34.0 Å². The van der Waals surface area contributed by atoms with Crippen molar-refractivity contribution in [3.8, 4) is 16.9 Å². The number of alkyl halides is 2. The Labute approximate surface area is 264 Å². The summed E-state index contributed by atoms with van der Waals surface area (Å²) in [6, 6.07) is 9.67. The molecule has 6 rings (SSSR count). The summed E-state index contributed by atoms with van der Waals surface area (Å²) in [5.41, 5.74) is 2.04. The molecule has 0 bridgehead atoms. The van der Waals surface area contributed by atoms with Crippen LogP contribution in [0.15, 0.2) is 59.3 Å². The average molecular weight is 637 g/mol. The quantitative estimate of drug-likeness (QED) is 0.281. The number of hydrogen-bond donors (Lipinski definition) is 1. The second kappa shape index (κ2) is 13.3. The van der Waals surface area contributed by atoms with Crippen LogP contribution in [0.2, 0.25) is 0 Å². The predicted molar refractivity (Wildman–Crippen MR) is 167 cm³/mol. The van der Waals surface area contributed by atoms with Gasteiger partial charge in [0.05, 0.1) is 5.39 Å². The smallest absolute Gasteiger partial charge is 0.387 e. The van der Waals surface area contributed by atoms with Crippen molar-refractivity contribution in [1.82, 2.24) is 24.9 Å². The van der Waals surface area contributed by atoms with Crippen LogP contribution >= 0.6 is 0 Å². The van der Waals surface area contributed by atoms with E-state index in [1.807, 2.05) is 12.1 Å². The fraction of sp³-hybridized carbons (Fsp3) is 0.364. The normalized spacial score (nSPS) is 15.4. The molecule has 4 aromatic rings. The lowest BCUT2D eigenvalue weighted by molar-refractivity contribution is -0.131. The number of nitrogens with one attached hydrogen (secondary N) is 1. The molecule has 4 heterocycles. The number of anilines is 1. The molecule has 1 N–H and O–H groups in total. The van der Waals surface area contributed by atoms with Crippen LogP contribution in [0, 0.1) is 5.82 Å². The molecule has 1 saturated heterocycles. The van der Waals surface area contributed by atoms with Gasteiger partial charge in [0.15, 0.2) is 5.76 Å². The van der Waals surface area contributed by atoms with Crippen molar-refractivity contribution in [2.45, 2.75) is 26.0 Å². The third kappa shape index (κ3) is 6.45. The second-order valence-corrected chi connectivity index (χ2v) is 11.5. The van der Waals surface area contributed by atoms with Gasteiger partial charge in [-0.25, -0.2) is 4.39 Å². The predicted octanol–water partition coefficient (Wildman–Crippen LogP) is 4.85. The minimum Gasteiger partial charge on any atom is -0.450 e. The van der Waals surface area contributed by atoms with E-state index in [1.54, 1.807) is 54.3 Å². The minimum absolute atomic E-state index is 0.0231. The molecule has 10 nitrogen and oxygen atoms in total. The van der Waals surface area contributed by atoms with E-state index in [4.69, 9.17) is 9.15 Å². The first-order chi connectivity index (χ1) is 22.2. The van der Waals surface area contributed by atoms with Crippen LogP contribution < -0.4 is 15.0 Å². The van der Waals surface area contributed by atoms with Crippen LogP contribution in [-0.4, -0.2) is 91.4 Å². The zero-order valence-corrected chi connectivity index (χ0v) is 25.6. The van der Waals surface area contributed by atoms with E-state index in [2.05, 4.69) is 15.3 Å². The number of aryl methyl sites for hydroxylation is 1. The Bertz CT molecular complexity index is 1760. The van der Waals surface area contributed by atoms with E-state index in [0.717, 1.165) is 13.1 Å². The fourth-order valence-corrected chi connectivity index (χ4v) is 5.93. The number of carbonyl (C=O) groups is 2. The molecule has 2 aromatic heterocycles. The Morgan fingerprint density at radius 2 is 1.89 bits per heavy atom. The van der Waals surface area contributed by atoms with Gasteiger partial charge in [0, 0.05) is 113 Å². The maximum Gasteiger partial charge on any atom is 0.387 e. The molecule has 2 aromatic carbocycles. The van der Waals surface area contributed by atoms with E-state index in [-0.39, 0.29) is 58.0 Å². The van der Waals surface area contributed by atoms with Crippen molar-refractivity contribution in [2.75, 3.05) is 58.3 Å². The molecule has 46 heavy (non-hydrogen) atoms. The highest BCUT2D eigenvalue weighted by Gasteiger charge is 2.28. The van der Waals surface area contributed by atoms with Crippen LogP contribution in [0.3, 0.4) is 0 Å². The summed E-state index contributed by atoms with van der Waals surface area (Å²) in [4.78, 5) is 31.0. The Hall–Kier alpha value is -4.78. The number of nitrogens with zero attached hydrogens (tertiary/aromatic N) is 5. The molecule has 2 aliphatic heterocycles. The molecular formula is C33H35F3N6O4. The van der Waals surface area contributed by atoms with Crippen LogP contribution in [0.4, 0.5) is 18.9 Å². The van der Waals surface area contributed by atoms with E-state index in [0.29, 0.717) is 43.9 Å². The lowest BCUT2D eigenvalue weighted by atomic mass is 9.93. The maximum atomic E-state index is 16.4. The Balaban J connectivity index is 1.43. The summed E-state index contributed by atoms with van der Waals surface area (Å²) < 4.78 is 56.6. The van der Waals surface area contributed by atoms with Crippen molar-refractivity contribution in [3.63, 3.8) is 0 Å². The molecule has 0 unspecified atom stereocenters. The molecule has 1 fully saturated rings. The second-order valence-electron chi connectivity index (χ2n) is 11.5. The molecule has 242 valence electrons. The number of ether oxygens (including phenoxy) is 1. The summed E-state index contributed by atoms with van der Waals surface area (Å²) >= 11 is 0. The minimum atomic E-state index is -3.11. The zero-order valence-electron chi connectivity index (χ0n) is 25.6.